The highest BCUT2D eigenvalue weighted by Gasteiger charge is 2.36. The molecule has 8 bridgehead atoms. The summed E-state index contributed by atoms with van der Waals surface area (Å²) in [6.07, 6.45) is 6.85. The molecule has 8 nitrogen and oxygen atoms in total. The van der Waals surface area contributed by atoms with Gasteiger partial charge in [0.1, 0.15) is 34.2 Å². The Bertz CT molecular complexity index is 2860. The molecule has 2 aliphatic heterocycles. The molecular formula is C48H52N8. The molecule has 284 valence electrons. The number of nitrogens with zero attached hydrogens (tertiary/aromatic N) is 6. The van der Waals surface area contributed by atoms with Gasteiger partial charge in [-0.3, -0.25) is 0 Å². The normalized spacial score (nSPS) is 17.3. The maximum absolute atomic E-state index is 5.37. The molecule has 0 saturated carbocycles. The summed E-state index contributed by atoms with van der Waals surface area (Å²) >= 11 is 0. The summed E-state index contributed by atoms with van der Waals surface area (Å²) in [5.41, 5.74) is 9.47. The highest BCUT2D eigenvalue weighted by molar-refractivity contribution is 6.06. The van der Waals surface area contributed by atoms with E-state index in [0.717, 1.165) is 55.6 Å². The summed E-state index contributed by atoms with van der Waals surface area (Å²) < 4.78 is 0. The van der Waals surface area contributed by atoms with Crippen LogP contribution < -0.4 is 0 Å². The van der Waals surface area contributed by atoms with Crippen LogP contribution in [0.2, 0.25) is 0 Å². The van der Waals surface area contributed by atoms with Crippen LogP contribution in [-0.2, 0) is 16.2 Å². The number of nitrogens with one attached hydrogen (secondary N) is 2. The maximum atomic E-state index is 5.37. The van der Waals surface area contributed by atoms with E-state index in [1.807, 2.05) is 0 Å². The fraction of sp³-hybridized carbons (Fsp3) is 0.375. The van der Waals surface area contributed by atoms with Crippen LogP contribution in [-0.4, -0.2) is 39.9 Å². The lowest BCUT2D eigenvalue weighted by Crippen LogP contribution is -2.14. The fourth-order valence-corrected chi connectivity index (χ4v) is 8.02. The Balaban J connectivity index is 1.45. The van der Waals surface area contributed by atoms with Crippen LogP contribution in [0.5, 0.6) is 0 Å². The number of benzene rings is 3. The molecule has 2 N–H and O–H groups in total. The molecule has 2 atom stereocenters. The molecule has 0 saturated heterocycles. The van der Waals surface area contributed by atoms with E-state index in [-0.39, 0.29) is 33.5 Å². The van der Waals surface area contributed by atoms with Crippen LogP contribution in [0.3, 0.4) is 0 Å². The first-order valence-electron chi connectivity index (χ1n) is 19.9. The Morgan fingerprint density at radius 1 is 0.429 bits per heavy atom. The summed E-state index contributed by atoms with van der Waals surface area (Å²) in [5, 5.41) is 3.97. The predicted molar refractivity (Wildman–Crippen MR) is 230 cm³/mol. The van der Waals surface area contributed by atoms with Crippen LogP contribution in [0.1, 0.15) is 123 Å². The van der Waals surface area contributed by atoms with Crippen LogP contribution in [0.4, 0.5) is 0 Å². The van der Waals surface area contributed by atoms with Crippen molar-refractivity contribution in [2.45, 2.75) is 111 Å². The molecule has 2 unspecified atom stereocenters. The van der Waals surface area contributed by atoms with Crippen molar-refractivity contribution in [2.24, 2.45) is 5.41 Å². The van der Waals surface area contributed by atoms with E-state index in [1.54, 1.807) is 0 Å². The lowest BCUT2D eigenvalue weighted by atomic mass is 9.78. The molecule has 0 fully saturated rings. The van der Waals surface area contributed by atoms with Crippen molar-refractivity contribution < 1.29 is 0 Å². The van der Waals surface area contributed by atoms with E-state index in [0.29, 0.717) is 22.9 Å². The average molecular weight is 741 g/mol. The van der Waals surface area contributed by atoms with Crippen molar-refractivity contribution >= 4 is 44.1 Å². The highest BCUT2D eigenvalue weighted by Crippen LogP contribution is 2.45. The van der Waals surface area contributed by atoms with Crippen molar-refractivity contribution in [3.63, 3.8) is 0 Å². The number of allylic oxidation sites excluding steroid dienone is 4. The smallest absolute Gasteiger partial charge is 0.164 e. The molecular weight excluding hydrogens is 689 g/mol. The Labute approximate surface area is 329 Å². The Kier molecular flexibility index (Phi) is 7.75. The van der Waals surface area contributed by atoms with Crippen LogP contribution in [0, 0.1) is 5.41 Å². The number of fused-ring (bicyclic) bond motifs is 20. The van der Waals surface area contributed by atoms with Gasteiger partial charge in [-0.1, -0.05) is 138 Å². The lowest BCUT2D eigenvalue weighted by molar-refractivity contribution is 0.506. The molecule has 5 heterocycles. The first-order valence-corrected chi connectivity index (χ1v) is 19.9. The van der Waals surface area contributed by atoms with Crippen molar-refractivity contribution in [2.75, 3.05) is 0 Å². The van der Waals surface area contributed by atoms with Gasteiger partial charge >= 0.3 is 0 Å². The van der Waals surface area contributed by atoms with E-state index in [1.165, 1.54) is 22.3 Å². The second kappa shape index (κ2) is 12.0. The van der Waals surface area contributed by atoms with Gasteiger partial charge in [-0.25, -0.2) is 29.9 Å². The van der Waals surface area contributed by atoms with Crippen molar-refractivity contribution in [3.8, 4) is 22.8 Å². The predicted octanol–water partition coefficient (Wildman–Crippen LogP) is 11.8. The van der Waals surface area contributed by atoms with E-state index >= 15 is 0 Å². The van der Waals surface area contributed by atoms with Gasteiger partial charge in [0.2, 0.25) is 0 Å². The van der Waals surface area contributed by atoms with Gasteiger partial charge in [-0.05, 0) is 62.1 Å². The molecule has 0 amide bonds. The maximum Gasteiger partial charge on any atom is 0.164 e. The number of aromatic amines is 2. The molecule has 0 spiro atoms. The molecule has 1 aliphatic carbocycles. The minimum atomic E-state index is -0.0772. The SMILES string of the molecule is CC(C)(C)C1=CC2c3nc(nc4[nH]c(nc5nc(nc6[nH]c(n3)c3ccc(C(C)(C)C)cc63)-c3ccc(C(C)(C)C)cc3-5)c3ccc(C(C)(C)C)cc43)C2C=C1. The summed E-state index contributed by atoms with van der Waals surface area (Å²) in [5.74, 6) is 2.53. The van der Waals surface area contributed by atoms with E-state index in [2.05, 4.69) is 166 Å². The molecule has 8 heteroatoms. The van der Waals surface area contributed by atoms with Crippen molar-refractivity contribution in [3.05, 3.63) is 107 Å². The standard InChI is InChI=1S/C48H52N8/c1-45(2,3)25-13-17-29-33(21-25)41-49-37(29)54-42-35-23-27(47(7,8)9)15-19-31(35)39(51-42)56-44-36-24-28(48(10,11)12)16-20-32(36)40(52-44)55-43-34-22-26(46(4,5)6)14-18-30(34)38(50-43)53-41/h13-24,29,33H,1-12H3,(H2,49,50,51,52,53,54,55,56). The van der Waals surface area contributed by atoms with Crippen LogP contribution in [0.15, 0.2) is 78.4 Å². The van der Waals surface area contributed by atoms with E-state index in [9.17, 15) is 0 Å². The second-order valence-corrected chi connectivity index (χ2v) is 20.0. The third-order valence-corrected chi connectivity index (χ3v) is 11.7. The van der Waals surface area contributed by atoms with Gasteiger partial charge in [0.15, 0.2) is 11.6 Å². The van der Waals surface area contributed by atoms with Gasteiger partial charge in [-0.15, -0.1) is 0 Å². The molecule has 6 aromatic rings. The second-order valence-electron chi connectivity index (χ2n) is 20.0. The van der Waals surface area contributed by atoms with Gasteiger partial charge in [-0.2, -0.15) is 0 Å². The van der Waals surface area contributed by atoms with Gasteiger partial charge in [0, 0.05) is 32.7 Å². The Morgan fingerprint density at radius 2 is 0.893 bits per heavy atom. The van der Waals surface area contributed by atoms with Crippen molar-refractivity contribution in [1.82, 2.24) is 39.9 Å². The Hall–Kier alpha value is -5.50. The number of H-pyrrole nitrogens is 2. The number of hydrogen-bond acceptors (Lipinski definition) is 6. The molecule has 56 heavy (non-hydrogen) atoms. The number of hydrogen-bond donors (Lipinski definition) is 2. The molecule has 3 aromatic heterocycles. The Morgan fingerprint density at radius 3 is 1.45 bits per heavy atom. The van der Waals surface area contributed by atoms with E-state index in [4.69, 9.17) is 29.9 Å². The lowest BCUT2D eigenvalue weighted by Gasteiger charge is -2.26. The third-order valence-electron chi connectivity index (χ3n) is 11.7. The van der Waals surface area contributed by atoms with Crippen molar-refractivity contribution in [1.29, 1.82) is 0 Å². The molecule has 3 aromatic carbocycles. The first kappa shape index (κ1) is 36.2. The zero-order valence-corrected chi connectivity index (χ0v) is 34.8. The number of rotatable bonds is 0. The zero-order valence-electron chi connectivity index (χ0n) is 34.8. The van der Waals surface area contributed by atoms with Gasteiger partial charge in [0.05, 0.1) is 11.8 Å². The topological polar surface area (TPSA) is 109 Å². The summed E-state index contributed by atoms with van der Waals surface area (Å²) in [6, 6.07) is 19.8. The van der Waals surface area contributed by atoms with Crippen LogP contribution >= 0.6 is 0 Å². The highest BCUT2D eigenvalue weighted by atomic mass is 15.1. The first-order chi connectivity index (χ1) is 26.2. The average Bonchev–Trinajstić information content (AvgIpc) is 3.84. The molecule has 9 rings (SSSR count). The minimum absolute atomic E-state index is 0.0344. The minimum Gasteiger partial charge on any atom is -0.324 e. The largest absolute Gasteiger partial charge is 0.324 e. The summed E-state index contributed by atoms with van der Waals surface area (Å²) in [6.45, 7) is 26.9. The summed E-state index contributed by atoms with van der Waals surface area (Å²) in [4.78, 5) is 39.2. The number of aromatic nitrogens is 8. The molecule has 3 aliphatic rings. The zero-order chi connectivity index (χ0) is 39.7. The third kappa shape index (κ3) is 6.05. The van der Waals surface area contributed by atoms with Crippen LogP contribution in [0.25, 0.3) is 66.9 Å². The quantitative estimate of drug-likeness (QED) is 0.160. The monoisotopic (exact) mass is 740 g/mol. The fourth-order valence-electron chi connectivity index (χ4n) is 8.02. The van der Waals surface area contributed by atoms with E-state index < -0.39 is 0 Å². The summed E-state index contributed by atoms with van der Waals surface area (Å²) in [7, 11) is 0. The molecule has 0 radical (unpaired) electrons. The van der Waals surface area contributed by atoms with Gasteiger partial charge < -0.3 is 9.97 Å². The van der Waals surface area contributed by atoms with Gasteiger partial charge in [0.25, 0.3) is 0 Å².